The van der Waals surface area contributed by atoms with Gasteiger partial charge in [-0.25, -0.2) is 0 Å². The molecule has 2 bridgehead atoms. The molecule has 0 aromatic heterocycles. The molecule has 4 fully saturated rings. The third-order valence-electron chi connectivity index (χ3n) is 9.33. The molecule has 39 heavy (non-hydrogen) atoms. The van der Waals surface area contributed by atoms with Gasteiger partial charge in [-0.1, -0.05) is 26.8 Å². The average Bonchev–Trinajstić information content (AvgIpc) is 3.42. The number of hydrogen-bond acceptors (Lipinski definition) is 8. The van der Waals surface area contributed by atoms with Crippen LogP contribution >= 0.6 is 0 Å². The summed E-state index contributed by atoms with van der Waals surface area (Å²) in [7, 11) is 0. The summed E-state index contributed by atoms with van der Waals surface area (Å²) < 4.78 is 17.7. The van der Waals surface area contributed by atoms with Gasteiger partial charge in [0, 0.05) is 32.7 Å². The fourth-order valence-corrected chi connectivity index (χ4v) is 7.47. The number of hydrogen-bond donors (Lipinski definition) is 1. The number of aliphatic hydroxyl groups is 1. The molecule has 1 spiro atoms. The third-order valence-corrected chi connectivity index (χ3v) is 9.33. The highest BCUT2D eigenvalue weighted by Crippen LogP contribution is 2.65. The number of likely N-dealkylation sites (tertiary alicyclic amines) is 1. The number of morpholine rings is 1. The van der Waals surface area contributed by atoms with Crippen molar-refractivity contribution in [1.29, 1.82) is 0 Å². The molecule has 10 heteroatoms. The molecule has 0 aromatic rings. The quantitative estimate of drug-likeness (QED) is 0.287. The van der Waals surface area contributed by atoms with E-state index in [1.54, 1.807) is 22.8 Å². The lowest BCUT2D eigenvalue weighted by molar-refractivity contribution is -0.163. The van der Waals surface area contributed by atoms with E-state index < -0.39 is 41.1 Å². The van der Waals surface area contributed by atoms with Gasteiger partial charge in [0.25, 0.3) is 0 Å². The van der Waals surface area contributed by atoms with Crippen molar-refractivity contribution in [1.82, 2.24) is 14.7 Å². The molecule has 0 saturated carbocycles. The van der Waals surface area contributed by atoms with Gasteiger partial charge in [0.05, 0.1) is 44.0 Å². The van der Waals surface area contributed by atoms with Crippen LogP contribution in [-0.4, -0.2) is 120 Å². The molecule has 2 amide bonds. The highest BCUT2D eigenvalue weighted by atomic mass is 16.6. The molecule has 1 N–H and O–H groups in total. The van der Waals surface area contributed by atoms with Crippen molar-refractivity contribution in [3.05, 3.63) is 12.7 Å². The Labute approximate surface area is 232 Å². The van der Waals surface area contributed by atoms with Gasteiger partial charge in [0.1, 0.15) is 17.6 Å². The van der Waals surface area contributed by atoms with Crippen molar-refractivity contribution >= 4 is 17.8 Å². The van der Waals surface area contributed by atoms with Gasteiger partial charge < -0.3 is 29.1 Å². The molecular weight excluding hydrogens is 502 g/mol. The van der Waals surface area contributed by atoms with Gasteiger partial charge in [-0.05, 0) is 38.5 Å². The predicted octanol–water partition coefficient (Wildman–Crippen LogP) is 1.31. The Morgan fingerprint density at radius 2 is 2.00 bits per heavy atom. The lowest BCUT2D eigenvalue weighted by Gasteiger charge is -2.40. The maximum absolute atomic E-state index is 14.6. The first kappa shape index (κ1) is 30.0. The van der Waals surface area contributed by atoms with Crippen molar-refractivity contribution in [3.8, 4) is 0 Å². The standard InChI is InChI=1S/C29H47N3O7/c1-7-9-31(11-10-30-12-14-37-15-13-30)26(35)24-29-17-20(5)28(6,39-29)23(27(36)38-8-2)22(29)25(34)32(24)21(18-33)16-19(3)4/h7,19-24,33H,1,8-18H2,2-6H3/t20?,21-,22+,23-,24?,28+,29?/m1/s1. The number of carbonyl (C=O) groups excluding carboxylic acids is 3. The maximum Gasteiger partial charge on any atom is 0.312 e. The number of esters is 1. The Morgan fingerprint density at radius 1 is 1.31 bits per heavy atom. The number of amides is 2. The summed E-state index contributed by atoms with van der Waals surface area (Å²) in [6.45, 7) is 17.9. The van der Waals surface area contributed by atoms with Gasteiger partial charge in [-0.2, -0.15) is 0 Å². The van der Waals surface area contributed by atoms with Crippen molar-refractivity contribution in [2.75, 3.05) is 59.2 Å². The molecule has 0 aliphatic carbocycles. The van der Waals surface area contributed by atoms with Gasteiger partial charge in [-0.3, -0.25) is 19.3 Å². The van der Waals surface area contributed by atoms with E-state index in [0.717, 1.165) is 13.1 Å². The number of aliphatic hydroxyl groups excluding tert-OH is 1. The molecule has 3 unspecified atom stereocenters. The van der Waals surface area contributed by atoms with Crippen LogP contribution in [0.3, 0.4) is 0 Å². The van der Waals surface area contributed by atoms with Crippen molar-refractivity contribution < 1.29 is 33.7 Å². The van der Waals surface area contributed by atoms with Crippen LogP contribution in [0.4, 0.5) is 0 Å². The second-order valence-corrected chi connectivity index (χ2v) is 12.2. The lowest BCUT2D eigenvalue weighted by Crippen LogP contribution is -2.59. The fraction of sp³-hybridized carbons (Fsp3) is 0.828. The van der Waals surface area contributed by atoms with Crippen LogP contribution in [-0.2, 0) is 28.6 Å². The second-order valence-electron chi connectivity index (χ2n) is 12.2. The first-order valence-corrected chi connectivity index (χ1v) is 14.5. The molecule has 7 atom stereocenters. The van der Waals surface area contributed by atoms with Crippen LogP contribution in [0.2, 0.25) is 0 Å². The third kappa shape index (κ3) is 5.13. The van der Waals surface area contributed by atoms with E-state index in [0.29, 0.717) is 45.7 Å². The maximum atomic E-state index is 14.6. The van der Waals surface area contributed by atoms with Crippen LogP contribution in [0, 0.1) is 23.7 Å². The van der Waals surface area contributed by atoms with Gasteiger partial charge in [-0.15, -0.1) is 6.58 Å². The Bertz CT molecular complexity index is 938. The van der Waals surface area contributed by atoms with Crippen LogP contribution in [0.1, 0.15) is 47.5 Å². The summed E-state index contributed by atoms with van der Waals surface area (Å²) in [6, 6.07) is -1.51. The van der Waals surface area contributed by atoms with Crippen molar-refractivity contribution in [2.45, 2.75) is 70.7 Å². The summed E-state index contributed by atoms with van der Waals surface area (Å²) in [5.41, 5.74) is -2.08. The molecule has 0 aromatic carbocycles. The van der Waals surface area contributed by atoms with Crippen molar-refractivity contribution in [2.24, 2.45) is 23.7 Å². The van der Waals surface area contributed by atoms with Crippen LogP contribution < -0.4 is 0 Å². The van der Waals surface area contributed by atoms with Gasteiger partial charge in [0.15, 0.2) is 0 Å². The summed E-state index contributed by atoms with van der Waals surface area (Å²) in [5.74, 6) is -2.50. The van der Waals surface area contributed by atoms with Crippen LogP contribution in [0.15, 0.2) is 12.7 Å². The molecule has 4 heterocycles. The zero-order valence-electron chi connectivity index (χ0n) is 24.3. The molecule has 4 aliphatic heterocycles. The largest absolute Gasteiger partial charge is 0.466 e. The van der Waals surface area contributed by atoms with Gasteiger partial charge in [0.2, 0.25) is 11.8 Å². The number of ether oxygens (including phenoxy) is 3. The second kappa shape index (κ2) is 11.8. The monoisotopic (exact) mass is 549 g/mol. The zero-order chi connectivity index (χ0) is 28.5. The van der Waals surface area contributed by atoms with E-state index in [2.05, 4.69) is 11.5 Å². The van der Waals surface area contributed by atoms with E-state index in [4.69, 9.17) is 14.2 Å². The van der Waals surface area contributed by atoms with E-state index in [9.17, 15) is 19.5 Å². The first-order valence-electron chi connectivity index (χ1n) is 14.5. The van der Waals surface area contributed by atoms with E-state index in [1.807, 2.05) is 27.7 Å². The van der Waals surface area contributed by atoms with E-state index >= 15 is 0 Å². The van der Waals surface area contributed by atoms with E-state index in [1.165, 1.54) is 0 Å². The molecule has 0 radical (unpaired) electrons. The zero-order valence-corrected chi connectivity index (χ0v) is 24.3. The SMILES string of the molecule is C=CCN(CCN1CCOCC1)C(=O)C1N([C@@H](CO)CC(C)C)C(=O)[C@@H]2[C@H](C(=O)OCC)[C@@]3(C)OC12CC3C. The average molecular weight is 550 g/mol. The topological polar surface area (TPSA) is 109 Å². The van der Waals surface area contributed by atoms with E-state index in [-0.39, 0.29) is 36.9 Å². The van der Waals surface area contributed by atoms with Crippen LogP contribution in [0.25, 0.3) is 0 Å². The minimum atomic E-state index is -1.16. The Balaban J connectivity index is 1.74. The summed E-state index contributed by atoms with van der Waals surface area (Å²) in [6.07, 6.45) is 2.71. The molecule has 220 valence electrons. The molecule has 4 saturated heterocycles. The number of rotatable bonds is 12. The Morgan fingerprint density at radius 3 is 2.59 bits per heavy atom. The Hall–Kier alpha value is -2.01. The number of fused-ring (bicyclic) bond motifs is 1. The molecule has 4 rings (SSSR count). The smallest absolute Gasteiger partial charge is 0.312 e. The molecule has 4 aliphatic rings. The first-order chi connectivity index (χ1) is 18.5. The fourth-order valence-electron chi connectivity index (χ4n) is 7.47. The minimum absolute atomic E-state index is 0.0647. The predicted molar refractivity (Wildman–Crippen MR) is 145 cm³/mol. The minimum Gasteiger partial charge on any atom is -0.466 e. The van der Waals surface area contributed by atoms with Crippen molar-refractivity contribution in [3.63, 3.8) is 0 Å². The lowest BCUT2D eigenvalue weighted by atomic mass is 9.62. The highest BCUT2D eigenvalue weighted by Gasteiger charge is 2.80. The summed E-state index contributed by atoms with van der Waals surface area (Å²) in [4.78, 5) is 47.8. The van der Waals surface area contributed by atoms with Gasteiger partial charge >= 0.3 is 5.97 Å². The molecule has 10 nitrogen and oxygen atoms in total. The summed E-state index contributed by atoms with van der Waals surface area (Å²) in [5, 5.41) is 10.5. The number of carbonyl (C=O) groups is 3. The highest BCUT2D eigenvalue weighted by molar-refractivity contribution is 5.98. The Kier molecular flexibility index (Phi) is 9.10. The molecular formula is C29H47N3O7. The summed E-state index contributed by atoms with van der Waals surface area (Å²) >= 11 is 0. The normalized spacial score (nSPS) is 34.8. The van der Waals surface area contributed by atoms with Crippen LogP contribution in [0.5, 0.6) is 0 Å². The number of nitrogens with zero attached hydrogens (tertiary/aromatic N) is 3.